The predicted octanol–water partition coefficient (Wildman–Crippen LogP) is 3.57. The van der Waals surface area contributed by atoms with Gasteiger partial charge in [-0.1, -0.05) is 32.4 Å². The highest BCUT2D eigenvalue weighted by Crippen LogP contribution is 2.36. The van der Waals surface area contributed by atoms with Crippen molar-refractivity contribution in [3.63, 3.8) is 0 Å². The van der Waals surface area contributed by atoms with Crippen LogP contribution in [0.2, 0.25) is 5.02 Å². The van der Waals surface area contributed by atoms with Gasteiger partial charge in [-0.15, -0.1) is 0 Å². The van der Waals surface area contributed by atoms with E-state index in [9.17, 15) is 5.11 Å². The van der Waals surface area contributed by atoms with Gasteiger partial charge in [-0.3, -0.25) is 0 Å². The fourth-order valence-electron chi connectivity index (χ4n) is 1.77. The number of hydrogen-bond acceptors (Lipinski definition) is 2. The van der Waals surface area contributed by atoms with Crippen LogP contribution in [0, 0.1) is 0 Å². The minimum atomic E-state index is 0.0335. The van der Waals surface area contributed by atoms with Crippen molar-refractivity contribution < 1.29 is 9.84 Å². The van der Waals surface area contributed by atoms with E-state index >= 15 is 0 Å². The molecule has 1 atom stereocenters. The van der Waals surface area contributed by atoms with Crippen LogP contribution < -0.4 is 4.74 Å². The first-order valence-electron chi connectivity index (χ1n) is 5.49. The van der Waals surface area contributed by atoms with Crippen molar-refractivity contribution in [3.05, 3.63) is 28.3 Å². The lowest BCUT2D eigenvalue weighted by molar-refractivity contribution is 0.269. The Balaban J connectivity index is 3.35. The zero-order chi connectivity index (χ0) is 12.3. The smallest absolute Gasteiger partial charge is 0.125 e. The summed E-state index contributed by atoms with van der Waals surface area (Å²) in [6.45, 7) is 6.25. The second-order valence-electron chi connectivity index (χ2n) is 4.36. The van der Waals surface area contributed by atoms with Crippen LogP contribution in [0.4, 0.5) is 0 Å². The Labute approximate surface area is 102 Å². The van der Waals surface area contributed by atoms with Crippen LogP contribution >= 0.6 is 11.6 Å². The van der Waals surface area contributed by atoms with Gasteiger partial charge >= 0.3 is 0 Å². The molecule has 0 aliphatic heterocycles. The Kier molecular flexibility index (Phi) is 4.63. The Morgan fingerprint density at radius 2 is 1.81 bits per heavy atom. The molecule has 0 aliphatic carbocycles. The molecule has 0 spiro atoms. The molecule has 90 valence electrons. The molecule has 0 heterocycles. The largest absolute Gasteiger partial charge is 0.496 e. The Hall–Kier alpha value is -0.730. The molecule has 0 saturated carbocycles. The van der Waals surface area contributed by atoms with Crippen molar-refractivity contribution in [2.75, 3.05) is 13.7 Å². The summed E-state index contributed by atoms with van der Waals surface area (Å²) in [5.41, 5.74) is 2.06. The van der Waals surface area contributed by atoms with Crippen molar-refractivity contribution in [1.82, 2.24) is 0 Å². The standard InChI is InChI=1S/C13H19ClO2/c1-8(2)11-5-10(14)6-12(9(3)7-15)13(11)16-4/h5-6,8-9,15H,7H2,1-4H3. The second-order valence-corrected chi connectivity index (χ2v) is 4.79. The normalized spacial score (nSPS) is 12.9. The summed E-state index contributed by atoms with van der Waals surface area (Å²) in [6, 6.07) is 3.80. The summed E-state index contributed by atoms with van der Waals surface area (Å²) in [6.07, 6.45) is 0. The topological polar surface area (TPSA) is 29.5 Å². The van der Waals surface area contributed by atoms with E-state index in [1.54, 1.807) is 7.11 Å². The minimum Gasteiger partial charge on any atom is -0.496 e. The van der Waals surface area contributed by atoms with E-state index in [1.807, 2.05) is 19.1 Å². The first kappa shape index (κ1) is 13.3. The fraction of sp³-hybridized carbons (Fsp3) is 0.538. The lowest BCUT2D eigenvalue weighted by Crippen LogP contribution is -2.05. The molecule has 1 aromatic rings. The number of hydrogen-bond donors (Lipinski definition) is 1. The maximum Gasteiger partial charge on any atom is 0.125 e. The third-order valence-electron chi connectivity index (χ3n) is 2.74. The Morgan fingerprint density at radius 1 is 1.25 bits per heavy atom. The molecule has 0 saturated heterocycles. The molecule has 0 radical (unpaired) electrons. The van der Waals surface area contributed by atoms with Crippen molar-refractivity contribution in [1.29, 1.82) is 0 Å². The third-order valence-corrected chi connectivity index (χ3v) is 2.96. The summed E-state index contributed by atoms with van der Waals surface area (Å²) in [5.74, 6) is 1.23. The number of rotatable bonds is 4. The number of methoxy groups -OCH3 is 1. The van der Waals surface area contributed by atoms with E-state index in [4.69, 9.17) is 16.3 Å². The monoisotopic (exact) mass is 242 g/mol. The van der Waals surface area contributed by atoms with Gasteiger partial charge in [0.05, 0.1) is 7.11 Å². The quantitative estimate of drug-likeness (QED) is 0.875. The highest BCUT2D eigenvalue weighted by Gasteiger charge is 2.17. The van der Waals surface area contributed by atoms with Crippen molar-refractivity contribution >= 4 is 11.6 Å². The van der Waals surface area contributed by atoms with Crippen molar-refractivity contribution in [3.8, 4) is 5.75 Å². The molecule has 0 fully saturated rings. The van der Waals surface area contributed by atoms with E-state index in [-0.39, 0.29) is 12.5 Å². The molecular weight excluding hydrogens is 224 g/mol. The van der Waals surface area contributed by atoms with Gasteiger partial charge in [-0.2, -0.15) is 0 Å². The fourth-order valence-corrected chi connectivity index (χ4v) is 2.00. The van der Waals surface area contributed by atoms with Gasteiger partial charge in [0.1, 0.15) is 5.75 Å². The van der Waals surface area contributed by atoms with Gasteiger partial charge in [-0.05, 0) is 23.6 Å². The van der Waals surface area contributed by atoms with Gasteiger partial charge in [-0.25, -0.2) is 0 Å². The number of benzene rings is 1. The van der Waals surface area contributed by atoms with Crippen molar-refractivity contribution in [2.45, 2.75) is 32.6 Å². The first-order chi connectivity index (χ1) is 7.51. The first-order valence-corrected chi connectivity index (χ1v) is 5.87. The number of aliphatic hydroxyl groups is 1. The molecule has 3 heteroatoms. The molecule has 0 aromatic heterocycles. The van der Waals surface area contributed by atoms with Crippen LogP contribution in [0.3, 0.4) is 0 Å². The summed E-state index contributed by atoms with van der Waals surface area (Å²) < 4.78 is 5.45. The zero-order valence-corrected chi connectivity index (χ0v) is 11.0. The molecule has 1 N–H and O–H groups in total. The second kappa shape index (κ2) is 5.55. The zero-order valence-electron chi connectivity index (χ0n) is 10.2. The molecular formula is C13H19ClO2. The molecule has 1 rings (SSSR count). The van der Waals surface area contributed by atoms with Crippen LogP contribution in [0.5, 0.6) is 5.75 Å². The summed E-state index contributed by atoms with van der Waals surface area (Å²) in [4.78, 5) is 0. The van der Waals surface area contributed by atoms with E-state index in [1.165, 1.54) is 0 Å². The molecule has 2 nitrogen and oxygen atoms in total. The van der Waals surface area contributed by atoms with Crippen LogP contribution in [-0.2, 0) is 0 Å². The van der Waals surface area contributed by atoms with Crippen LogP contribution in [0.15, 0.2) is 12.1 Å². The van der Waals surface area contributed by atoms with E-state index < -0.39 is 0 Å². The van der Waals surface area contributed by atoms with Gasteiger partial charge < -0.3 is 9.84 Å². The molecule has 0 amide bonds. The summed E-state index contributed by atoms with van der Waals surface area (Å²) in [7, 11) is 1.66. The van der Waals surface area contributed by atoms with Crippen LogP contribution in [0.25, 0.3) is 0 Å². The number of aliphatic hydroxyl groups excluding tert-OH is 1. The average Bonchev–Trinajstić information content (AvgIpc) is 2.26. The predicted molar refractivity (Wildman–Crippen MR) is 67.6 cm³/mol. The number of halogens is 1. The lowest BCUT2D eigenvalue weighted by atomic mass is 9.93. The minimum absolute atomic E-state index is 0.0335. The van der Waals surface area contributed by atoms with E-state index in [2.05, 4.69) is 13.8 Å². The van der Waals surface area contributed by atoms with Crippen LogP contribution in [-0.4, -0.2) is 18.8 Å². The molecule has 0 aliphatic rings. The highest BCUT2D eigenvalue weighted by atomic mass is 35.5. The molecule has 16 heavy (non-hydrogen) atoms. The maximum atomic E-state index is 9.23. The number of ether oxygens (including phenoxy) is 1. The van der Waals surface area contributed by atoms with Crippen molar-refractivity contribution in [2.24, 2.45) is 0 Å². The highest BCUT2D eigenvalue weighted by molar-refractivity contribution is 6.30. The van der Waals surface area contributed by atoms with Crippen LogP contribution in [0.1, 0.15) is 43.7 Å². The van der Waals surface area contributed by atoms with Gasteiger partial charge in [0.2, 0.25) is 0 Å². The Morgan fingerprint density at radius 3 is 2.25 bits per heavy atom. The van der Waals surface area contributed by atoms with E-state index in [0.717, 1.165) is 16.9 Å². The lowest BCUT2D eigenvalue weighted by Gasteiger charge is -2.19. The summed E-state index contributed by atoms with van der Waals surface area (Å²) in [5, 5.41) is 9.92. The third kappa shape index (κ3) is 2.69. The van der Waals surface area contributed by atoms with E-state index in [0.29, 0.717) is 10.9 Å². The average molecular weight is 243 g/mol. The molecule has 1 unspecified atom stereocenters. The van der Waals surface area contributed by atoms with Gasteiger partial charge in [0.25, 0.3) is 0 Å². The maximum absolute atomic E-state index is 9.23. The molecule has 0 bridgehead atoms. The SMILES string of the molecule is COc1c(C(C)C)cc(Cl)cc1C(C)CO. The van der Waals surface area contributed by atoms with Gasteiger partial charge in [0, 0.05) is 23.1 Å². The Bertz CT molecular complexity index is 361. The summed E-state index contributed by atoms with van der Waals surface area (Å²) >= 11 is 6.09. The van der Waals surface area contributed by atoms with Gasteiger partial charge in [0.15, 0.2) is 0 Å². The molecule has 1 aromatic carbocycles.